The number of unbranched alkanes of at least 4 members (excludes halogenated alkanes) is 17. The van der Waals surface area contributed by atoms with Crippen LogP contribution in [-0.2, 0) is 0 Å². The summed E-state index contributed by atoms with van der Waals surface area (Å²) in [6.45, 7) is 9.30. The SMILES string of the molecule is CCCCCCCCCCCCCCCC1N(CC)C=CN1CCCCCCCC. The highest BCUT2D eigenvalue weighted by Gasteiger charge is 2.23. The van der Waals surface area contributed by atoms with Gasteiger partial charge in [0.05, 0.1) is 0 Å². The second-order valence-corrected chi connectivity index (χ2v) is 9.65. The Balaban J connectivity index is 1.99. The number of hydrogen-bond donors (Lipinski definition) is 0. The molecule has 0 spiro atoms. The lowest BCUT2D eigenvalue weighted by atomic mass is 10.0. The average molecular weight is 421 g/mol. The molecule has 0 aromatic rings. The molecule has 1 heterocycles. The Kier molecular flexibility index (Phi) is 18.5. The molecule has 1 aliphatic rings. The molecule has 0 aromatic carbocycles. The summed E-state index contributed by atoms with van der Waals surface area (Å²) in [5.74, 6) is 0. The van der Waals surface area contributed by atoms with Gasteiger partial charge < -0.3 is 9.80 Å². The third-order valence-electron chi connectivity index (χ3n) is 6.92. The fraction of sp³-hybridized carbons (Fsp3) is 0.929. The predicted molar refractivity (Wildman–Crippen MR) is 136 cm³/mol. The van der Waals surface area contributed by atoms with Crippen LogP contribution < -0.4 is 0 Å². The Labute approximate surface area is 190 Å². The summed E-state index contributed by atoms with van der Waals surface area (Å²) in [6, 6.07) is 0. The van der Waals surface area contributed by atoms with Crippen molar-refractivity contribution >= 4 is 0 Å². The molecule has 1 atom stereocenters. The highest BCUT2D eigenvalue weighted by atomic mass is 15.4. The molecule has 2 heteroatoms. The van der Waals surface area contributed by atoms with E-state index in [9.17, 15) is 0 Å². The summed E-state index contributed by atoms with van der Waals surface area (Å²) >= 11 is 0. The third-order valence-corrected chi connectivity index (χ3v) is 6.92. The zero-order valence-electron chi connectivity index (χ0n) is 21.2. The van der Waals surface area contributed by atoms with Gasteiger partial charge in [0.25, 0.3) is 0 Å². The zero-order chi connectivity index (χ0) is 21.7. The molecular weight excluding hydrogens is 364 g/mol. The van der Waals surface area contributed by atoms with E-state index in [-0.39, 0.29) is 0 Å². The second kappa shape index (κ2) is 20.3. The largest absolute Gasteiger partial charge is 0.356 e. The molecule has 2 nitrogen and oxygen atoms in total. The number of nitrogens with zero attached hydrogens (tertiary/aromatic N) is 2. The summed E-state index contributed by atoms with van der Waals surface area (Å²) in [5.41, 5.74) is 0. The Hall–Kier alpha value is -0.660. The topological polar surface area (TPSA) is 6.48 Å². The first-order chi connectivity index (χ1) is 14.8. The van der Waals surface area contributed by atoms with Gasteiger partial charge in [0, 0.05) is 25.5 Å². The maximum absolute atomic E-state index is 2.63. The van der Waals surface area contributed by atoms with E-state index in [2.05, 4.69) is 43.0 Å². The summed E-state index contributed by atoms with van der Waals surface area (Å²) < 4.78 is 0. The molecule has 0 fully saturated rings. The van der Waals surface area contributed by atoms with Crippen molar-refractivity contribution in [3.63, 3.8) is 0 Å². The van der Waals surface area contributed by atoms with Gasteiger partial charge in [0.1, 0.15) is 6.17 Å². The van der Waals surface area contributed by atoms with Crippen molar-refractivity contribution in [2.45, 2.75) is 155 Å². The smallest absolute Gasteiger partial charge is 0.101 e. The first-order valence-electron chi connectivity index (χ1n) is 14.0. The van der Waals surface area contributed by atoms with E-state index in [1.54, 1.807) is 0 Å². The second-order valence-electron chi connectivity index (χ2n) is 9.65. The Morgan fingerprint density at radius 2 is 0.867 bits per heavy atom. The molecule has 0 radical (unpaired) electrons. The number of hydrogen-bond acceptors (Lipinski definition) is 2. The lowest BCUT2D eigenvalue weighted by Crippen LogP contribution is -2.38. The van der Waals surface area contributed by atoms with Gasteiger partial charge in [0.15, 0.2) is 0 Å². The molecular formula is C28H56N2. The first kappa shape index (κ1) is 27.4. The maximum atomic E-state index is 2.63. The van der Waals surface area contributed by atoms with Gasteiger partial charge in [-0.25, -0.2) is 0 Å². The quantitative estimate of drug-likeness (QED) is 0.161. The molecule has 0 aromatic heterocycles. The fourth-order valence-electron chi connectivity index (χ4n) is 4.85. The van der Waals surface area contributed by atoms with Gasteiger partial charge in [0.2, 0.25) is 0 Å². The van der Waals surface area contributed by atoms with E-state index in [4.69, 9.17) is 0 Å². The summed E-state index contributed by atoms with van der Waals surface area (Å²) in [5, 5.41) is 0. The van der Waals surface area contributed by atoms with Gasteiger partial charge in [-0.15, -0.1) is 0 Å². The highest BCUT2D eigenvalue weighted by molar-refractivity contribution is 4.96. The van der Waals surface area contributed by atoms with Crippen LogP contribution in [0.5, 0.6) is 0 Å². The van der Waals surface area contributed by atoms with Crippen LogP contribution in [0.3, 0.4) is 0 Å². The van der Waals surface area contributed by atoms with Gasteiger partial charge in [-0.3, -0.25) is 0 Å². The number of rotatable bonds is 22. The van der Waals surface area contributed by atoms with Gasteiger partial charge >= 0.3 is 0 Å². The predicted octanol–water partition coefficient (Wildman–Crippen LogP) is 9.26. The molecule has 1 unspecified atom stereocenters. The first-order valence-corrected chi connectivity index (χ1v) is 14.0. The molecule has 0 amide bonds. The van der Waals surface area contributed by atoms with Crippen LogP contribution in [0.2, 0.25) is 0 Å². The van der Waals surface area contributed by atoms with E-state index in [0.29, 0.717) is 6.17 Å². The Morgan fingerprint density at radius 1 is 0.467 bits per heavy atom. The Bertz CT molecular complexity index is 379. The van der Waals surface area contributed by atoms with E-state index >= 15 is 0 Å². The van der Waals surface area contributed by atoms with Crippen LogP contribution in [0.25, 0.3) is 0 Å². The van der Waals surface area contributed by atoms with Crippen molar-refractivity contribution in [2.24, 2.45) is 0 Å². The van der Waals surface area contributed by atoms with Crippen molar-refractivity contribution in [2.75, 3.05) is 13.1 Å². The van der Waals surface area contributed by atoms with Crippen LogP contribution in [-0.4, -0.2) is 29.1 Å². The normalized spacial score (nSPS) is 16.2. The van der Waals surface area contributed by atoms with Crippen molar-refractivity contribution < 1.29 is 0 Å². The van der Waals surface area contributed by atoms with Gasteiger partial charge in [-0.05, 0) is 26.2 Å². The minimum Gasteiger partial charge on any atom is -0.356 e. The zero-order valence-corrected chi connectivity index (χ0v) is 21.2. The lowest BCUT2D eigenvalue weighted by Gasteiger charge is -2.32. The van der Waals surface area contributed by atoms with Crippen molar-refractivity contribution in [1.29, 1.82) is 0 Å². The molecule has 0 bridgehead atoms. The van der Waals surface area contributed by atoms with Crippen molar-refractivity contribution in [3.8, 4) is 0 Å². The van der Waals surface area contributed by atoms with Crippen molar-refractivity contribution in [3.05, 3.63) is 12.4 Å². The summed E-state index contributed by atoms with van der Waals surface area (Å²) in [4.78, 5) is 5.18. The van der Waals surface area contributed by atoms with Crippen LogP contribution in [0, 0.1) is 0 Å². The van der Waals surface area contributed by atoms with E-state index in [0.717, 1.165) is 6.54 Å². The molecule has 0 saturated carbocycles. The van der Waals surface area contributed by atoms with Gasteiger partial charge in [-0.1, -0.05) is 123 Å². The molecule has 0 aliphatic carbocycles. The monoisotopic (exact) mass is 420 g/mol. The van der Waals surface area contributed by atoms with Crippen LogP contribution in [0.15, 0.2) is 12.4 Å². The Morgan fingerprint density at radius 3 is 1.33 bits per heavy atom. The molecule has 0 saturated heterocycles. The average Bonchev–Trinajstić information content (AvgIpc) is 3.15. The minimum atomic E-state index is 0.637. The van der Waals surface area contributed by atoms with Crippen molar-refractivity contribution in [1.82, 2.24) is 9.80 Å². The van der Waals surface area contributed by atoms with Crippen LogP contribution in [0.4, 0.5) is 0 Å². The van der Waals surface area contributed by atoms with E-state index in [1.807, 2.05) is 0 Å². The molecule has 0 N–H and O–H groups in total. The summed E-state index contributed by atoms with van der Waals surface area (Å²) in [7, 11) is 0. The fourth-order valence-corrected chi connectivity index (χ4v) is 4.85. The van der Waals surface area contributed by atoms with Crippen LogP contribution in [0.1, 0.15) is 149 Å². The maximum Gasteiger partial charge on any atom is 0.101 e. The third kappa shape index (κ3) is 13.6. The molecule has 30 heavy (non-hydrogen) atoms. The minimum absolute atomic E-state index is 0.637. The van der Waals surface area contributed by atoms with Crippen LogP contribution >= 0.6 is 0 Å². The van der Waals surface area contributed by atoms with Gasteiger partial charge in [-0.2, -0.15) is 0 Å². The molecule has 178 valence electrons. The standard InChI is InChI=1S/C28H56N2/c1-4-7-9-11-13-14-15-16-17-18-19-20-22-24-28-29(6-3)26-27-30(28)25-23-21-12-10-8-5-2/h26-28H,4-25H2,1-3H3. The highest BCUT2D eigenvalue weighted by Crippen LogP contribution is 2.22. The van der Waals surface area contributed by atoms with E-state index in [1.165, 1.54) is 135 Å². The summed E-state index contributed by atoms with van der Waals surface area (Å²) in [6.07, 6.45) is 33.8. The van der Waals surface area contributed by atoms with E-state index < -0.39 is 0 Å². The molecule has 1 aliphatic heterocycles. The molecule has 1 rings (SSSR count). The lowest BCUT2D eigenvalue weighted by molar-refractivity contribution is 0.142.